The van der Waals surface area contributed by atoms with Crippen molar-refractivity contribution < 1.29 is 14.3 Å². The van der Waals surface area contributed by atoms with Crippen LogP contribution >= 0.6 is 0 Å². The summed E-state index contributed by atoms with van der Waals surface area (Å²) in [6, 6.07) is 9.16. The van der Waals surface area contributed by atoms with Crippen molar-refractivity contribution in [2.75, 3.05) is 6.61 Å². The first kappa shape index (κ1) is 15.3. The Morgan fingerprint density at radius 1 is 1.43 bits per heavy atom. The SMILES string of the molecule is C=CC(CC(=O)N1C(=O)OC[C@H]1c1ccccc1)C(C)C. The van der Waals surface area contributed by atoms with Crippen LogP contribution in [0.25, 0.3) is 0 Å². The minimum absolute atomic E-state index is 0.0577. The van der Waals surface area contributed by atoms with E-state index < -0.39 is 6.09 Å². The van der Waals surface area contributed by atoms with Gasteiger partial charge in [-0.2, -0.15) is 0 Å². The first-order valence-corrected chi connectivity index (χ1v) is 7.21. The third-order valence-electron chi connectivity index (χ3n) is 3.90. The third kappa shape index (κ3) is 3.32. The molecule has 1 aliphatic rings. The Morgan fingerprint density at radius 3 is 2.67 bits per heavy atom. The standard InChI is InChI=1S/C17H21NO3/c1-4-13(12(2)3)10-16(19)18-15(11-21-17(18)20)14-8-6-5-7-9-14/h4-9,12-13,15H,1,10-11H2,2-3H3/t13?,15-/m0/s1. The minimum Gasteiger partial charge on any atom is -0.446 e. The van der Waals surface area contributed by atoms with Gasteiger partial charge in [0.2, 0.25) is 5.91 Å². The number of nitrogens with zero attached hydrogens (tertiary/aromatic N) is 1. The van der Waals surface area contributed by atoms with Gasteiger partial charge in [0.05, 0.1) is 0 Å². The summed E-state index contributed by atoms with van der Waals surface area (Å²) in [5.41, 5.74) is 0.913. The number of imide groups is 1. The lowest BCUT2D eigenvalue weighted by atomic mass is 9.92. The van der Waals surface area contributed by atoms with E-state index in [2.05, 4.69) is 6.58 Å². The molecule has 1 heterocycles. The third-order valence-corrected chi connectivity index (χ3v) is 3.90. The minimum atomic E-state index is -0.555. The largest absolute Gasteiger partial charge is 0.446 e. The molecule has 0 radical (unpaired) electrons. The van der Waals surface area contributed by atoms with Crippen LogP contribution in [0, 0.1) is 11.8 Å². The van der Waals surface area contributed by atoms with Crippen molar-refractivity contribution in [3.8, 4) is 0 Å². The van der Waals surface area contributed by atoms with Gasteiger partial charge in [0.15, 0.2) is 0 Å². The number of hydrogen-bond acceptors (Lipinski definition) is 3. The van der Waals surface area contributed by atoms with Crippen LogP contribution in [0.3, 0.4) is 0 Å². The molecule has 1 aliphatic heterocycles. The summed E-state index contributed by atoms with van der Waals surface area (Å²) >= 11 is 0. The van der Waals surface area contributed by atoms with E-state index in [1.165, 1.54) is 4.90 Å². The highest BCUT2D eigenvalue weighted by atomic mass is 16.6. The molecule has 21 heavy (non-hydrogen) atoms. The summed E-state index contributed by atoms with van der Waals surface area (Å²) in [4.78, 5) is 25.6. The van der Waals surface area contributed by atoms with Crippen molar-refractivity contribution in [2.24, 2.45) is 11.8 Å². The van der Waals surface area contributed by atoms with Crippen LogP contribution in [0.1, 0.15) is 31.9 Å². The Hall–Kier alpha value is -2.10. The Labute approximate surface area is 125 Å². The van der Waals surface area contributed by atoms with Gasteiger partial charge in [0, 0.05) is 6.42 Å². The zero-order chi connectivity index (χ0) is 15.4. The molecule has 4 heteroatoms. The van der Waals surface area contributed by atoms with E-state index in [1.807, 2.05) is 44.2 Å². The van der Waals surface area contributed by atoms with Crippen LogP contribution in [-0.2, 0) is 9.53 Å². The first-order chi connectivity index (χ1) is 10.0. The number of benzene rings is 1. The van der Waals surface area contributed by atoms with E-state index >= 15 is 0 Å². The predicted octanol–water partition coefficient (Wildman–Crippen LogP) is 3.55. The number of amides is 2. The fourth-order valence-corrected chi connectivity index (χ4v) is 2.51. The Balaban J connectivity index is 2.17. The lowest BCUT2D eigenvalue weighted by Crippen LogP contribution is -2.35. The summed E-state index contributed by atoms with van der Waals surface area (Å²) in [5, 5.41) is 0. The van der Waals surface area contributed by atoms with Gasteiger partial charge in [-0.3, -0.25) is 4.79 Å². The Morgan fingerprint density at radius 2 is 2.10 bits per heavy atom. The lowest BCUT2D eigenvalue weighted by Gasteiger charge is -2.23. The molecule has 2 amide bonds. The van der Waals surface area contributed by atoms with Crippen molar-refractivity contribution in [1.82, 2.24) is 4.90 Å². The Bertz CT molecular complexity index is 524. The fraction of sp³-hybridized carbons (Fsp3) is 0.412. The van der Waals surface area contributed by atoms with Crippen LogP contribution < -0.4 is 0 Å². The van der Waals surface area contributed by atoms with Crippen molar-refractivity contribution >= 4 is 12.0 Å². The average Bonchev–Trinajstić information content (AvgIpc) is 2.87. The zero-order valence-electron chi connectivity index (χ0n) is 12.5. The van der Waals surface area contributed by atoms with Gasteiger partial charge in [0.1, 0.15) is 12.6 Å². The normalized spacial score (nSPS) is 19.5. The van der Waals surface area contributed by atoms with Crippen LogP contribution in [0.4, 0.5) is 4.79 Å². The lowest BCUT2D eigenvalue weighted by molar-refractivity contribution is -0.130. The van der Waals surface area contributed by atoms with Crippen LogP contribution in [0.5, 0.6) is 0 Å². The van der Waals surface area contributed by atoms with Gasteiger partial charge in [-0.25, -0.2) is 9.69 Å². The number of carbonyl (C=O) groups excluding carboxylic acids is 2. The first-order valence-electron chi connectivity index (χ1n) is 7.21. The van der Waals surface area contributed by atoms with Crippen molar-refractivity contribution in [3.05, 3.63) is 48.6 Å². The molecule has 112 valence electrons. The topological polar surface area (TPSA) is 46.6 Å². The van der Waals surface area contributed by atoms with E-state index in [4.69, 9.17) is 4.74 Å². The molecule has 1 aromatic rings. The van der Waals surface area contributed by atoms with Gasteiger partial charge < -0.3 is 4.74 Å². The highest BCUT2D eigenvalue weighted by molar-refractivity contribution is 5.93. The van der Waals surface area contributed by atoms with Gasteiger partial charge in [-0.05, 0) is 17.4 Å². The van der Waals surface area contributed by atoms with Gasteiger partial charge >= 0.3 is 6.09 Å². The summed E-state index contributed by atoms with van der Waals surface area (Å²) in [5.74, 6) is 0.160. The second-order valence-corrected chi connectivity index (χ2v) is 5.61. The number of hydrogen-bond donors (Lipinski definition) is 0. The molecule has 0 aromatic heterocycles. The van der Waals surface area contributed by atoms with E-state index in [1.54, 1.807) is 6.08 Å². The van der Waals surface area contributed by atoms with E-state index in [0.717, 1.165) is 5.56 Å². The molecule has 1 aromatic carbocycles. The van der Waals surface area contributed by atoms with Gasteiger partial charge in [-0.15, -0.1) is 6.58 Å². The number of allylic oxidation sites excluding steroid dienone is 1. The molecule has 2 rings (SSSR count). The number of cyclic esters (lactones) is 1. The fourth-order valence-electron chi connectivity index (χ4n) is 2.51. The maximum Gasteiger partial charge on any atom is 0.417 e. The van der Waals surface area contributed by atoms with Gasteiger partial charge in [0.25, 0.3) is 0 Å². The summed E-state index contributed by atoms with van der Waals surface area (Å²) in [6.07, 6.45) is 1.50. The van der Waals surface area contributed by atoms with Crippen molar-refractivity contribution in [1.29, 1.82) is 0 Å². The highest BCUT2D eigenvalue weighted by Crippen LogP contribution is 2.29. The molecule has 0 aliphatic carbocycles. The number of rotatable bonds is 5. The Kier molecular flexibility index (Phi) is 4.78. The molecular formula is C17H21NO3. The second-order valence-electron chi connectivity index (χ2n) is 5.61. The van der Waals surface area contributed by atoms with E-state index in [9.17, 15) is 9.59 Å². The summed E-state index contributed by atoms with van der Waals surface area (Å²) < 4.78 is 5.07. The summed E-state index contributed by atoms with van der Waals surface area (Å²) in [6.45, 7) is 8.07. The molecule has 0 spiro atoms. The zero-order valence-corrected chi connectivity index (χ0v) is 12.5. The molecule has 1 saturated heterocycles. The van der Waals surface area contributed by atoms with Crippen molar-refractivity contribution in [3.63, 3.8) is 0 Å². The quantitative estimate of drug-likeness (QED) is 0.778. The molecule has 0 saturated carbocycles. The number of ether oxygens (including phenoxy) is 1. The predicted molar refractivity (Wildman–Crippen MR) is 80.5 cm³/mol. The molecule has 0 bridgehead atoms. The maximum absolute atomic E-state index is 12.5. The smallest absolute Gasteiger partial charge is 0.417 e. The van der Waals surface area contributed by atoms with E-state index in [0.29, 0.717) is 5.92 Å². The van der Waals surface area contributed by atoms with E-state index in [-0.39, 0.29) is 30.9 Å². The van der Waals surface area contributed by atoms with Crippen LogP contribution in [0.2, 0.25) is 0 Å². The summed E-state index contributed by atoms with van der Waals surface area (Å²) in [7, 11) is 0. The molecule has 4 nitrogen and oxygen atoms in total. The van der Waals surface area contributed by atoms with Crippen LogP contribution in [0.15, 0.2) is 43.0 Å². The van der Waals surface area contributed by atoms with Crippen LogP contribution in [-0.4, -0.2) is 23.5 Å². The average molecular weight is 287 g/mol. The molecular weight excluding hydrogens is 266 g/mol. The van der Waals surface area contributed by atoms with Crippen molar-refractivity contribution in [2.45, 2.75) is 26.3 Å². The molecule has 2 atom stereocenters. The molecule has 1 fully saturated rings. The second kappa shape index (κ2) is 6.57. The van der Waals surface area contributed by atoms with Gasteiger partial charge in [-0.1, -0.05) is 50.3 Å². The molecule has 1 unspecified atom stereocenters. The number of carbonyl (C=O) groups is 2. The monoisotopic (exact) mass is 287 g/mol. The highest BCUT2D eigenvalue weighted by Gasteiger charge is 2.39. The maximum atomic E-state index is 12.5. The molecule has 0 N–H and O–H groups in total.